The number of aliphatic hydroxyl groups is 1. The van der Waals surface area contributed by atoms with Crippen molar-refractivity contribution in [2.75, 3.05) is 12.8 Å². The minimum atomic E-state index is -4.54. The van der Waals surface area contributed by atoms with Crippen molar-refractivity contribution < 1.29 is 27.5 Å². The molecule has 1 aliphatic rings. The molecule has 0 saturated heterocycles. The number of hydrogen-bond donors (Lipinski definition) is 3. The number of nitrogens with two attached hydrogens (primary N) is 1. The van der Waals surface area contributed by atoms with Crippen LogP contribution in [0.3, 0.4) is 0 Å². The highest BCUT2D eigenvalue weighted by molar-refractivity contribution is 6.22. The van der Waals surface area contributed by atoms with Gasteiger partial charge in [-0.05, 0) is 31.7 Å². The van der Waals surface area contributed by atoms with Crippen molar-refractivity contribution in [2.24, 2.45) is 0 Å². The van der Waals surface area contributed by atoms with Gasteiger partial charge in [-0.15, -0.1) is 11.6 Å². The summed E-state index contributed by atoms with van der Waals surface area (Å²) in [6.07, 6.45) is -0.742. The smallest absolute Gasteiger partial charge is 0.398 e. The second-order valence-corrected chi connectivity index (χ2v) is 7.10. The highest BCUT2D eigenvalue weighted by Crippen LogP contribution is 2.42. The number of anilines is 1. The number of carbonyl (C=O) groups is 1. The number of benzene rings is 1. The van der Waals surface area contributed by atoms with Crippen LogP contribution in [0.25, 0.3) is 10.9 Å². The maximum Gasteiger partial charge on any atom is 0.408 e. The van der Waals surface area contributed by atoms with Gasteiger partial charge >= 0.3 is 6.18 Å². The van der Waals surface area contributed by atoms with E-state index in [1.54, 1.807) is 0 Å². The monoisotopic (exact) mass is 432 g/mol. The molecule has 0 aliphatic heterocycles. The highest BCUT2D eigenvalue weighted by Gasteiger charge is 2.41. The number of alkyl halides is 4. The Balaban J connectivity index is 2.27. The van der Waals surface area contributed by atoms with Crippen LogP contribution in [0.2, 0.25) is 0 Å². The molecule has 3 rings (SSSR count). The number of nitrogens with one attached hydrogen (secondary N) is 1. The first-order valence-corrected chi connectivity index (χ1v) is 8.89. The quantitative estimate of drug-likeness (QED) is 0.222. The zero-order valence-electron chi connectivity index (χ0n) is 15.1. The maximum atomic E-state index is 13.9. The first-order chi connectivity index (χ1) is 13.5. The number of halogens is 5. The Morgan fingerprint density at radius 1 is 1.48 bits per heavy atom. The lowest BCUT2D eigenvalue weighted by Crippen LogP contribution is -2.46. The van der Waals surface area contributed by atoms with Crippen LogP contribution in [0.5, 0.6) is 0 Å². The lowest BCUT2D eigenvalue weighted by molar-refractivity contribution is -0.141. The van der Waals surface area contributed by atoms with Crippen LogP contribution in [-0.2, 0) is 12.3 Å². The molecule has 1 heterocycles. The topological polar surface area (TPSA) is 93.2 Å². The number of aromatic nitrogens is 2. The van der Waals surface area contributed by atoms with E-state index in [-0.39, 0.29) is 39.7 Å². The molecule has 2 unspecified atom stereocenters. The first-order valence-electron chi connectivity index (χ1n) is 8.45. The molecule has 4 N–H and O–H groups in total. The van der Waals surface area contributed by atoms with Gasteiger partial charge in [0.15, 0.2) is 12.0 Å². The maximum absolute atomic E-state index is 13.9. The second kappa shape index (κ2) is 7.43. The van der Waals surface area contributed by atoms with Crippen LogP contribution in [-0.4, -0.2) is 39.8 Å². The summed E-state index contributed by atoms with van der Waals surface area (Å²) in [6, 6.07) is 1.18. The van der Waals surface area contributed by atoms with Gasteiger partial charge < -0.3 is 10.8 Å². The molecule has 6 nitrogen and oxygen atoms in total. The third-order valence-electron chi connectivity index (χ3n) is 4.76. The van der Waals surface area contributed by atoms with Gasteiger partial charge in [0, 0.05) is 27.8 Å². The Bertz CT molecular complexity index is 1030. The van der Waals surface area contributed by atoms with Gasteiger partial charge in [0.25, 0.3) is 0 Å². The van der Waals surface area contributed by atoms with E-state index in [2.05, 4.69) is 10.4 Å². The molecule has 1 aliphatic carbocycles. The Hall–Kier alpha value is -2.43. The van der Waals surface area contributed by atoms with Crippen molar-refractivity contribution in [3.63, 3.8) is 0 Å². The number of nitrogen functional groups attached to an aromatic ring is 1. The van der Waals surface area contributed by atoms with Crippen LogP contribution < -0.4 is 11.1 Å². The third-order valence-corrected chi connectivity index (χ3v) is 5.17. The van der Waals surface area contributed by atoms with Gasteiger partial charge in [-0.2, -0.15) is 18.3 Å². The third kappa shape index (κ3) is 3.75. The largest absolute Gasteiger partial charge is 0.408 e. The molecule has 156 valence electrons. The Kier molecular flexibility index (Phi) is 5.46. The highest BCUT2D eigenvalue weighted by atomic mass is 35.5. The normalized spacial score (nSPS) is 19.6. The van der Waals surface area contributed by atoms with Gasteiger partial charge in [0.2, 0.25) is 0 Å². The van der Waals surface area contributed by atoms with Gasteiger partial charge in [-0.1, -0.05) is 0 Å². The number of carbonyl (C=O) groups excluding carboxylic acids is 1. The minimum absolute atomic E-state index is 0.0125. The number of hydrogen-bond acceptors (Lipinski definition) is 5. The molecule has 29 heavy (non-hydrogen) atoms. The number of allylic oxidation sites excluding steroid dienone is 3. The first kappa shape index (κ1) is 21.3. The number of rotatable bonds is 5. The average molecular weight is 433 g/mol. The van der Waals surface area contributed by atoms with Gasteiger partial charge in [0.05, 0.1) is 17.1 Å². The standard InChI is InChI=1S/C18H17ClF4N4O2/c1-25-18(29,12-4-9(20)2-3-13(12)19)16-11(7-28)10-6-26-27(8-17(21,22)23)15(10)5-14(16)24/h2,4-7,13,25,29H,3,8,24H2,1H3. The predicted octanol–water partition coefficient (Wildman–Crippen LogP) is 3.15. The fourth-order valence-corrected chi connectivity index (χ4v) is 3.78. The van der Waals surface area contributed by atoms with E-state index in [0.29, 0.717) is 11.0 Å². The summed E-state index contributed by atoms with van der Waals surface area (Å²) in [5.74, 6) is -0.629. The zero-order chi connectivity index (χ0) is 21.6. The minimum Gasteiger partial charge on any atom is -0.398 e. The van der Waals surface area contributed by atoms with Crippen LogP contribution in [0, 0.1) is 0 Å². The molecule has 2 aromatic rings. The van der Waals surface area contributed by atoms with Crippen molar-refractivity contribution in [3.8, 4) is 0 Å². The van der Waals surface area contributed by atoms with Crippen molar-refractivity contribution in [1.29, 1.82) is 0 Å². The van der Waals surface area contributed by atoms with E-state index in [4.69, 9.17) is 17.3 Å². The van der Waals surface area contributed by atoms with Crippen LogP contribution in [0.4, 0.5) is 23.2 Å². The van der Waals surface area contributed by atoms with E-state index >= 15 is 0 Å². The Morgan fingerprint density at radius 3 is 2.76 bits per heavy atom. The average Bonchev–Trinajstić information content (AvgIpc) is 3.02. The predicted molar refractivity (Wildman–Crippen MR) is 100 cm³/mol. The van der Waals surface area contributed by atoms with Gasteiger partial charge in [-0.3, -0.25) is 14.8 Å². The fraction of sp³-hybridized carbons (Fsp3) is 0.333. The van der Waals surface area contributed by atoms with Gasteiger partial charge in [0.1, 0.15) is 12.4 Å². The molecule has 0 spiro atoms. The molecule has 1 aromatic heterocycles. The molecular formula is C18H17ClF4N4O2. The molecular weight excluding hydrogens is 416 g/mol. The molecule has 1 aromatic carbocycles. The summed E-state index contributed by atoms with van der Waals surface area (Å²) < 4.78 is 52.9. The van der Waals surface area contributed by atoms with Crippen LogP contribution in [0.15, 0.2) is 35.8 Å². The molecule has 0 bridgehead atoms. The van der Waals surface area contributed by atoms with Crippen molar-refractivity contribution in [3.05, 3.63) is 46.9 Å². The number of likely N-dealkylation sites (N-methyl/N-ethyl adjacent to an activating group) is 1. The van der Waals surface area contributed by atoms with Gasteiger partial charge in [-0.25, -0.2) is 4.39 Å². The summed E-state index contributed by atoms with van der Waals surface area (Å²) in [7, 11) is 1.35. The second-order valence-electron chi connectivity index (χ2n) is 6.57. The van der Waals surface area contributed by atoms with E-state index < -0.39 is 29.7 Å². The molecule has 2 atom stereocenters. The number of nitrogens with zero attached hydrogens (tertiary/aromatic N) is 2. The lowest BCUT2D eigenvalue weighted by Gasteiger charge is -2.36. The van der Waals surface area contributed by atoms with E-state index in [1.165, 1.54) is 19.2 Å². The van der Waals surface area contributed by atoms with Crippen LogP contribution in [0.1, 0.15) is 22.3 Å². The molecule has 11 heteroatoms. The summed E-state index contributed by atoms with van der Waals surface area (Å²) in [5, 5.41) is 16.9. The molecule has 0 amide bonds. The summed E-state index contributed by atoms with van der Waals surface area (Å²) in [4.78, 5) is 11.9. The van der Waals surface area contributed by atoms with Crippen molar-refractivity contribution >= 4 is 34.5 Å². The molecule has 0 radical (unpaired) electrons. The SMILES string of the molecule is CNC(O)(C1=CC(F)=CCC1Cl)c1c(N)cc2c(cnn2CC(F)(F)F)c1C=O. The van der Waals surface area contributed by atoms with E-state index in [9.17, 15) is 27.5 Å². The molecule has 0 saturated carbocycles. The lowest BCUT2D eigenvalue weighted by atomic mass is 9.84. The van der Waals surface area contributed by atoms with Crippen LogP contribution >= 0.6 is 11.6 Å². The van der Waals surface area contributed by atoms with E-state index in [0.717, 1.165) is 12.3 Å². The summed E-state index contributed by atoms with van der Waals surface area (Å²) in [6.45, 7) is -1.38. The Morgan fingerprint density at radius 2 is 2.17 bits per heavy atom. The van der Waals surface area contributed by atoms with Crippen molar-refractivity contribution in [1.82, 2.24) is 15.1 Å². The number of aldehydes is 1. The van der Waals surface area contributed by atoms with Crippen molar-refractivity contribution in [2.45, 2.75) is 30.2 Å². The summed E-state index contributed by atoms with van der Waals surface area (Å²) in [5.41, 5.74) is 3.39. The van der Waals surface area contributed by atoms with E-state index in [1.807, 2.05) is 0 Å². The number of fused-ring (bicyclic) bond motifs is 1. The fourth-order valence-electron chi connectivity index (χ4n) is 3.47. The summed E-state index contributed by atoms with van der Waals surface area (Å²) >= 11 is 6.25. The Labute approximate surface area is 167 Å². The zero-order valence-corrected chi connectivity index (χ0v) is 15.9. The molecule has 0 fully saturated rings.